The predicted molar refractivity (Wildman–Crippen MR) is 51.4 cm³/mol. The molecule has 12 heavy (non-hydrogen) atoms. The first kappa shape index (κ1) is 6.92. The maximum Gasteiger partial charge on any atom is 0.122 e. The normalized spacial score (nSPS) is 13.7. The summed E-state index contributed by atoms with van der Waals surface area (Å²) in [4.78, 5) is 0. The lowest BCUT2D eigenvalue weighted by Crippen LogP contribution is -1.91. The highest BCUT2D eigenvalue weighted by atomic mass is 79.9. The molecule has 0 bridgehead atoms. The fraction of sp³-hybridized carbons (Fsp3) is 0.333. The molecular weight excluding hydrogens is 220 g/mol. The standard InChI is InChI=1S/C9H11BrO2/c1-6-3-8(10)7(5-11)4-9(6)12-2/h3-4,11H,5H2,1-2H3/i5D2. The Hall–Kier alpha value is -0.540. The van der Waals surface area contributed by atoms with Crippen LogP contribution in [0, 0.1) is 6.92 Å². The maximum absolute atomic E-state index is 9.23. The van der Waals surface area contributed by atoms with Crippen LogP contribution in [0.1, 0.15) is 13.9 Å². The molecule has 0 unspecified atom stereocenters. The van der Waals surface area contributed by atoms with Gasteiger partial charge in [0.15, 0.2) is 0 Å². The Morgan fingerprint density at radius 2 is 2.33 bits per heavy atom. The summed E-state index contributed by atoms with van der Waals surface area (Å²) in [6, 6.07) is 3.20. The second-order valence-electron chi connectivity index (χ2n) is 2.41. The summed E-state index contributed by atoms with van der Waals surface area (Å²) in [5.41, 5.74) is 1.05. The van der Waals surface area contributed by atoms with Gasteiger partial charge in [-0.25, -0.2) is 0 Å². The molecular formula is C9H11BrO2. The van der Waals surface area contributed by atoms with Crippen LogP contribution >= 0.6 is 15.9 Å². The van der Waals surface area contributed by atoms with Crippen LogP contribution in [0.5, 0.6) is 5.75 Å². The molecule has 0 heterocycles. The average molecular weight is 233 g/mol. The zero-order valence-electron chi connectivity index (χ0n) is 8.89. The molecule has 0 radical (unpaired) electrons. The minimum absolute atomic E-state index is 0.167. The molecule has 0 amide bonds. The third-order valence-electron chi connectivity index (χ3n) is 1.60. The summed E-state index contributed by atoms with van der Waals surface area (Å²) in [6.07, 6.45) is 0. The number of hydrogen-bond donors (Lipinski definition) is 1. The molecule has 1 aromatic rings. The first-order valence-electron chi connectivity index (χ1n) is 4.43. The van der Waals surface area contributed by atoms with Crippen molar-refractivity contribution < 1.29 is 12.6 Å². The number of halogens is 1. The smallest absolute Gasteiger partial charge is 0.122 e. The van der Waals surface area contributed by atoms with Gasteiger partial charge in [0.05, 0.1) is 16.4 Å². The maximum atomic E-state index is 9.23. The van der Waals surface area contributed by atoms with E-state index < -0.39 is 6.56 Å². The van der Waals surface area contributed by atoms with E-state index in [2.05, 4.69) is 15.9 Å². The molecule has 0 atom stereocenters. The average Bonchev–Trinajstić information content (AvgIpc) is 2.02. The molecule has 2 nitrogen and oxygen atoms in total. The summed E-state index contributed by atoms with van der Waals surface area (Å²) < 4.78 is 20.0. The van der Waals surface area contributed by atoms with E-state index in [0.29, 0.717) is 10.2 Å². The van der Waals surface area contributed by atoms with Crippen molar-refractivity contribution in [3.05, 3.63) is 27.7 Å². The Morgan fingerprint density at radius 3 is 2.83 bits per heavy atom. The molecule has 0 saturated heterocycles. The molecule has 0 aliphatic rings. The molecule has 0 aliphatic heterocycles. The van der Waals surface area contributed by atoms with E-state index in [4.69, 9.17) is 7.48 Å². The van der Waals surface area contributed by atoms with E-state index in [-0.39, 0.29) is 5.56 Å². The molecule has 0 aromatic heterocycles. The first-order valence-corrected chi connectivity index (χ1v) is 4.22. The second kappa shape index (κ2) is 3.92. The largest absolute Gasteiger partial charge is 0.496 e. The van der Waals surface area contributed by atoms with E-state index >= 15 is 0 Å². The topological polar surface area (TPSA) is 29.5 Å². The Balaban J connectivity index is 3.32. The number of rotatable bonds is 2. The molecule has 3 heteroatoms. The highest BCUT2D eigenvalue weighted by Gasteiger charge is 2.04. The van der Waals surface area contributed by atoms with Crippen molar-refractivity contribution in [1.29, 1.82) is 0 Å². The summed E-state index contributed by atoms with van der Waals surface area (Å²) in [5, 5.41) is 9.23. The fourth-order valence-corrected chi connectivity index (χ4v) is 1.50. The van der Waals surface area contributed by atoms with Crippen LogP contribution < -0.4 is 4.74 Å². The lowest BCUT2D eigenvalue weighted by Gasteiger charge is -2.07. The lowest BCUT2D eigenvalue weighted by atomic mass is 10.1. The second-order valence-corrected chi connectivity index (χ2v) is 3.27. The van der Waals surface area contributed by atoms with Crippen molar-refractivity contribution in [1.82, 2.24) is 0 Å². The van der Waals surface area contributed by atoms with Gasteiger partial charge in [0.25, 0.3) is 0 Å². The molecule has 0 saturated carbocycles. The summed E-state index contributed by atoms with van der Waals surface area (Å²) >= 11 is 3.19. The minimum atomic E-state index is -2.36. The van der Waals surface area contributed by atoms with Crippen molar-refractivity contribution in [3.8, 4) is 5.75 Å². The third kappa shape index (κ3) is 1.79. The predicted octanol–water partition coefficient (Wildman–Crippen LogP) is 2.26. The molecule has 1 rings (SSSR count). The Morgan fingerprint density at radius 1 is 1.67 bits per heavy atom. The molecule has 0 spiro atoms. The van der Waals surface area contributed by atoms with Gasteiger partial charge in [-0.05, 0) is 30.2 Å². The van der Waals surface area contributed by atoms with Crippen molar-refractivity contribution in [2.24, 2.45) is 0 Å². The van der Waals surface area contributed by atoms with Crippen LogP contribution in [0.25, 0.3) is 0 Å². The van der Waals surface area contributed by atoms with Crippen molar-refractivity contribution in [2.75, 3.05) is 7.11 Å². The van der Waals surface area contributed by atoms with Crippen LogP contribution in [0.4, 0.5) is 0 Å². The van der Waals surface area contributed by atoms with Gasteiger partial charge < -0.3 is 9.84 Å². The van der Waals surface area contributed by atoms with E-state index in [1.54, 1.807) is 6.07 Å². The molecule has 1 N–H and O–H groups in total. The van der Waals surface area contributed by atoms with Gasteiger partial charge in [-0.2, -0.15) is 0 Å². The Kier molecular flexibility index (Phi) is 2.26. The van der Waals surface area contributed by atoms with Gasteiger partial charge in [-0.1, -0.05) is 15.9 Å². The number of ether oxygens (including phenoxy) is 1. The van der Waals surface area contributed by atoms with Crippen molar-refractivity contribution in [2.45, 2.75) is 13.5 Å². The quantitative estimate of drug-likeness (QED) is 0.848. The Bertz CT molecular complexity index is 347. The lowest BCUT2D eigenvalue weighted by molar-refractivity contribution is 0.280. The number of aryl methyl sites for hydroxylation is 1. The van der Waals surface area contributed by atoms with Crippen LogP contribution in [0.15, 0.2) is 16.6 Å². The number of aliphatic hydroxyl groups is 1. The summed E-state index contributed by atoms with van der Waals surface area (Å²) in [5.74, 6) is 0.557. The van der Waals surface area contributed by atoms with E-state index in [1.165, 1.54) is 13.2 Å². The first-order chi connectivity index (χ1) is 6.36. The van der Waals surface area contributed by atoms with Crippen LogP contribution in [0.2, 0.25) is 0 Å². The van der Waals surface area contributed by atoms with E-state index in [1.807, 2.05) is 6.92 Å². The highest BCUT2D eigenvalue weighted by molar-refractivity contribution is 9.10. The van der Waals surface area contributed by atoms with Crippen LogP contribution in [-0.4, -0.2) is 12.2 Å². The minimum Gasteiger partial charge on any atom is -0.496 e. The third-order valence-corrected chi connectivity index (χ3v) is 2.26. The van der Waals surface area contributed by atoms with Crippen molar-refractivity contribution in [3.63, 3.8) is 0 Å². The van der Waals surface area contributed by atoms with E-state index in [0.717, 1.165) is 5.56 Å². The zero-order chi connectivity index (χ0) is 10.9. The highest BCUT2D eigenvalue weighted by Crippen LogP contribution is 2.26. The van der Waals surface area contributed by atoms with Gasteiger partial charge in [0, 0.05) is 4.47 Å². The molecule has 1 aromatic carbocycles. The van der Waals surface area contributed by atoms with Gasteiger partial charge in [0.2, 0.25) is 0 Å². The summed E-state index contributed by atoms with van der Waals surface area (Å²) in [7, 11) is 1.51. The van der Waals surface area contributed by atoms with Gasteiger partial charge >= 0.3 is 0 Å². The molecule has 66 valence electrons. The van der Waals surface area contributed by atoms with Gasteiger partial charge in [-0.3, -0.25) is 0 Å². The van der Waals surface area contributed by atoms with Crippen LogP contribution in [0.3, 0.4) is 0 Å². The summed E-state index contributed by atoms with van der Waals surface area (Å²) in [6.45, 7) is -0.514. The molecule has 0 fully saturated rings. The number of hydrogen-bond acceptors (Lipinski definition) is 2. The Labute approximate surface area is 83.1 Å². The fourth-order valence-electron chi connectivity index (χ4n) is 0.958. The zero-order valence-corrected chi connectivity index (χ0v) is 8.47. The number of benzene rings is 1. The van der Waals surface area contributed by atoms with Gasteiger partial charge in [0.1, 0.15) is 5.75 Å². The monoisotopic (exact) mass is 232 g/mol. The SMILES string of the molecule is [2H]C([2H])(O)c1cc(OC)c(C)cc1Br. The molecule has 0 aliphatic carbocycles. The van der Waals surface area contributed by atoms with Crippen molar-refractivity contribution >= 4 is 15.9 Å². The number of methoxy groups -OCH3 is 1. The van der Waals surface area contributed by atoms with Crippen LogP contribution in [-0.2, 0) is 6.56 Å². The van der Waals surface area contributed by atoms with Gasteiger partial charge in [-0.15, -0.1) is 0 Å². The van der Waals surface area contributed by atoms with E-state index in [9.17, 15) is 5.11 Å².